The Bertz CT molecular complexity index is 692. The van der Waals surface area contributed by atoms with E-state index >= 15 is 0 Å². The monoisotopic (exact) mass is 413 g/mol. The molecule has 0 aromatic heterocycles. The van der Waals surface area contributed by atoms with Crippen LogP contribution in [0.4, 0.5) is 11.4 Å². The number of benzene rings is 1. The highest BCUT2D eigenvalue weighted by Gasteiger charge is 2.25. The molecule has 166 valence electrons. The van der Waals surface area contributed by atoms with E-state index < -0.39 is 0 Å². The van der Waals surface area contributed by atoms with Crippen molar-refractivity contribution in [3.05, 3.63) is 23.8 Å². The number of anilines is 2. The normalized spacial score (nSPS) is 16.3. The molecule has 2 saturated heterocycles. The summed E-state index contributed by atoms with van der Waals surface area (Å²) in [6, 6.07) is 5.88. The highest BCUT2D eigenvalue weighted by molar-refractivity contribution is 6.02. The molecule has 0 saturated carbocycles. The summed E-state index contributed by atoms with van der Waals surface area (Å²) in [4.78, 5) is 29.8. The van der Waals surface area contributed by atoms with Gasteiger partial charge < -0.3 is 15.1 Å². The highest BCUT2D eigenvalue weighted by atomic mass is 16.2. The third-order valence-corrected chi connectivity index (χ3v) is 6.36. The molecule has 2 amide bonds. The van der Waals surface area contributed by atoms with Gasteiger partial charge in [-0.3, -0.25) is 9.59 Å². The minimum absolute atomic E-state index is 0.0528. The smallest absolute Gasteiger partial charge is 0.256 e. The number of carbonyl (C=O) groups is 2. The summed E-state index contributed by atoms with van der Waals surface area (Å²) in [6.45, 7) is 5.92. The van der Waals surface area contributed by atoms with Crippen molar-refractivity contribution in [2.24, 2.45) is 0 Å². The van der Waals surface area contributed by atoms with Crippen LogP contribution >= 0.6 is 0 Å². The fraction of sp³-hybridized carbons (Fsp3) is 0.680. The molecule has 2 fully saturated rings. The van der Waals surface area contributed by atoms with Gasteiger partial charge in [0.2, 0.25) is 5.91 Å². The number of hydrogen-bond acceptors (Lipinski definition) is 3. The predicted octanol–water partition coefficient (Wildman–Crippen LogP) is 5.60. The van der Waals surface area contributed by atoms with E-state index in [1.165, 1.54) is 44.9 Å². The average molecular weight is 414 g/mol. The number of hydrogen-bond donors (Lipinski definition) is 1. The second kappa shape index (κ2) is 12.0. The van der Waals surface area contributed by atoms with Crippen molar-refractivity contribution in [2.45, 2.75) is 84.0 Å². The Morgan fingerprint density at radius 1 is 0.867 bits per heavy atom. The number of unbranched alkanes of at least 4 members (excludes halogenated alkanes) is 6. The topological polar surface area (TPSA) is 52.7 Å². The quantitative estimate of drug-likeness (QED) is 0.480. The first-order valence-electron chi connectivity index (χ1n) is 12.2. The van der Waals surface area contributed by atoms with Gasteiger partial charge in [-0.25, -0.2) is 0 Å². The number of amides is 2. The molecule has 0 unspecified atom stereocenters. The van der Waals surface area contributed by atoms with E-state index in [0.29, 0.717) is 6.42 Å². The number of rotatable bonds is 11. The molecule has 2 heterocycles. The highest BCUT2D eigenvalue weighted by Crippen LogP contribution is 2.29. The molecule has 0 bridgehead atoms. The molecular formula is C25H39N3O2. The fourth-order valence-corrected chi connectivity index (χ4v) is 4.58. The molecule has 0 aliphatic carbocycles. The molecule has 0 radical (unpaired) electrons. The summed E-state index contributed by atoms with van der Waals surface area (Å²) in [6.07, 6.45) is 13.5. The molecule has 0 spiro atoms. The van der Waals surface area contributed by atoms with Crippen LogP contribution in [0.25, 0.3) is 0 Å². The SMILES string of the molecule is CCCCCCCCCC(=O)Nc1ccc(N2CCCC2)c(C(=O)N2CCCC2)c1. The largest absolute Gasteiger partial charge is 0.371 e. The number of nitrogens with zero attached hydrogens (tertiary/aromatic N) is 2. The van der Waals surface area contributed by atoms with Gasteiger partial charge in [-0.05, 0) is 50.3 Å². The van der Waals surface area contributed by atoms with Crippen LogP contribution in [-0.2, 0) is 4.79 Å². The summed E-state index contributed by atoms with van der Waals surface area (Å²) in [5.74, 6) is 0.162. The van der Waals surface area contributed by atoms with Crippen molar-refractivity contribution in [2.75, 3.05) is 36.4 Å². The molecular weight excluding hydrogens is 374 g/mol. The Hall–Kier alpha value is -2.04. The van der Waals surface area contributed by atoms with E-state index in [4.69, 9.17) is 0 Å². The molecule has 3 rings (SSSR count). The Morgan fingerprint density at radius 3 is 2.20 bits per heavy atom. The van der Waals surface area contributed by atoms with E-state index in [9.17, 15) is 9.59 Å². The van der Waals surface area contributed by atoms with Crippen LogP contribution in [0.5, 0.6) is 0 Å². The second-order valence-corrected chi connectivity index (χ2v) is 8.84. The van der Waals surface area contributed by atoms with Crippen molar-refractivity contribution in [3.8, 4) is 0 Å². The lowest BCUT2D eigenvalue weighted by Gasteiger charge is -2.24. The summed E-state index contributed by atoms with van der Waals surface area (Å²) in [5, 5.41) is 3.03. The lowest BCUT2D eigenvalue weighted by molar-refractivity contribution is -0.116. The maximum atomic E-state index is 13.2. The van der Waals surface area contributed by atoms with Crippen LogP contribution in [0.15, 0.2) is 18.2 Å². The number of nitrogens with one attached hydrogen (secondary N) is 1. The molecule has 0 atom stereocenters. The van der Waals surface area contributed by atoms with Crippen molar-refractivity contribution < 1.29 is 9.59 Å². The first kappa shape index (κ1) is 22.6. The maximum absolute atomic E-state index is 13.2. The van der Waals surface area contributed by atoms with E-state index in [1.807, 2.05) is 23.1 Å². The predicted molar refractivity (Wildman–Crippen MR) is 124 cm³/mol. The Morgan fingerprint density at radius 2 is 1.50 bits per heavy atom. The molecule has 1 N–H and O–H groups in total. The molecule has 2 aliphatic heterocycles. The van der Waals surface area contributed by atoms with Crippen LogP contribution in [0.1, 0.15) is 94.3 Å². The molecule has 2 aliphatic rings. The fourth-order valence-electron chi connectivity index (χ4n) is 4.58. The lowest BCUT2D eigenvalue weighted by atomic mass is 10.1. The van der Waals surface area contributed by atoms with E-state index in [2.05, 4.69) is 17.1 Å². The van der Waals surface area contributed by atoms with Crippen molar-refractivity contribution in [1.29, 1.82) is 0 Å². The van der Waals surface area contributed by atoms with Gasteiger partial charge in [-0.2, -0.15) is 0 Å². The summed E-state index contributed by atoms with van der Waals surface area (Å²) < 4.78 is 0. The number of likely N-dealkylation sites (tertiary alicyclic amines) is 1. The third kappa shape index (κ3) is 6.48. The van der Waals surface area contributed by atoms with Crippen molar-refractivity contribution in [1.82, 2.24) is 4.90 Å². The van der Waals surface area contributed by atoms with Crippen LogP contribution in [0.3, 0.4) is 0 Å². The Kier molecular flexibility index (Phi) is 9.03. The average Bonchev–Trinajstić information content (AvgIpc) is 3.47. The van der Waals surface area contributed by atoms with E-state index in [0.717, 1.165) is 68.8 Å². The van der Waals surface area contributed by atoms with Gasteiger partial charge in [0.15, 0.2) is 0 Å². The van der Waals surface area contributed by atoms with Crippen LogP contribution in [0.2, 0.25) is 0 Å². The van der Waals surface area contributed by atoms with Crippen molar-refractivity contribution in [3.63, 3.8) is 0 Å². The zero-order valence-electron chi connectivity index (χ0n) is 18.8. The Labute approximate surface area is 182 Å². The summed E-state index contributed by atoms with van der Waals surface area (Å²) in [7, 11) is 0. The van der Waals surface area contributed by atoms with E-state index in [1.54, 1.807) is 0 Å². The second-order valence-electron chi connectivity index (χ2n) is 8.84. The Balaban J connectivity index is 1.57. The van der Waals surface area contributed by atoms with Crippen LogP contribution in [0, 0.1) is 0 Å². The molecule has 1 aromatic rings. The van der Waals surface area contributed by atoms with Gasteiger partial charge >= 0.3 is 0 Å². The van der Waals surface area contributed by atoms with Gasteiger partial charge in [0, 0.05) is 44.0 Å². The zero-order chi connectivity index (χ0) is 21.2. The minimum atomic E-state index is 0.0528. The standard InChI is InChI=1S/C25H39N3O2/c1-2-3-4-5-6-7-8-13-24(29)26-21-14-15-23(27-16-9-10-17-27)22(20-21)25(30)28-18-11-12-19-28/h14-15,20H,2-13,16-19H2,1H3,(H,26,29). The zero-order valence-corrected chi connectivity index (χ0v) is 18.8. The van der Waals surface area contributed by atoms with Gasteiger partial charge in [-0.15, -0.1) is 0 Å². The van der Waals surface area contributed by atoms with Gasteiger partial charge in [0.05, 0.1) is 5.56 Å². The maximum Gasteiger partial charge on any atom is 0.256 e. The van der Waals surface area contributed by atoms with Crippen molar-refractivity contribution >= 4 is 23.2 Å². The molecule has 5 nitrogen and oxygen atoms in total. The van der Waals surface area contributed by atoms with Gasteiger partial charge in [-0.1, -0.05) is 45.4 Å². The third-order valence-electron chi connectivity index (χ3n) is 6.36. The first-order chi connectivity index (χ1) is 14.7. The molecule has 1 aromatic carbocycles. The minimum Gasteiger partial charge on any atom is -0.371 e. The molecule has 30 heavy (non-hydrogen) atoms. The summed E-state index contributed by atoms with van der Waals surface area (Å²) in [5.41, 5.74) is 2.51. The van der Waals surface area contributed by atoms with Crippen LogP contribution < -0.4 is 10.2 Å². The summed E-state index contributed by atoms with van der Waals surface area (Å²) >= 11 is 0. The van der Waals surface area contributed by atoms with E-state index in [-0.39, 0.29) is 11.8 Å². The van der Waals surface area contributed by atoms with Gasteiger partial charge in [0.25, 0.3) is 5.91 Å². The number of carbonyl (C=O) groups excluding carboxylic acids is 2. The van der Waals surface area contributed by atoms with Crippen LogP contribution in [-0.4, -0.2) is 42.9 Å². The van der Waals surface area contributed by atoms with Gasteiger partial charge in [0.1, 0.15) is 0 Å². The molecule has 5 heteroatoms. The first-order valence-corrected chi connectivity index (χ1v) is 12.2. The lowest BCUT2D eigenvalue weighted by Crippen LogP contribution is -2.30.